The van der Waals surface area contributed by atoms with Crippen LogP contribution < -0.4 is 14.5 Å². The van der Waals surface area contributed by atoms with E-state index in [0.717, 1.165) is 38.9 Å². The molecule has 0 bridgehead atoms. The summed E-state index contributed by atoms with van der Waals surface area (Å²) >= 11 is 0. The average molecular weight is 536 g/mol. The zero-order valence-electron chi connectivity index (χ0n) is 22.2. The predicted molar refractivity (Wildman–Crippen MR) is 151 cm³/mol. The summed E-state index contributed by atoms with van der Waals surface area (Å²) in [7, 11) is -4.20. The van der Waals surface area contributed by atoms with Gasteiger partial charge in [-0.3, -0.25) is 4.79 Å². The van der Waals surface area contributed by atoms with Gasteiger partial charge in [-0.15, -0.1) is 0 Å². The average Bonchev–Trinajstić information content (AvgIpc) is 3.20. The highest BCUT2D eigenvalue weighted by atomic mass is 32.2. The van der Waals surface area contributed by atoms with Crippen LogP contribution in [0.3, 0.4) is 0 Å². The molecule has 5 rings (SSSR count). The summed E-state index contributed by atoms with van der Waals surface area (Å²) in [6.45, 7) is 8.70. The standard InChI is InChI=1S/C29H35N5O3S.H2/c1-21-18-29(2,3)34(19-21)27-24(13-8-16-30-27)28(35)32-38(36,37)26-15-7-14-25(31-26)33-17-9-12-23(20-33)22-10-5-4-6-11-22;/h4-8,10-11,13-16,21,23H,9,12,17-20H2,1-3H3,(H,32,35);1H. The maximum Gasteiger partial charge on any atom is 0.281 e. The highest BCUT2D eigenvalue weighted by molar-refractivity contribution is 7.90. The molecule has 0 radical (unpaired) electrons. The molecule has 9 heteroatoms. The van der Waals surface area contributed by atoms with Crippen LogP contribution in [0.25, 0.3) is 0 Å². The fourth-order valence-electron chi connectivity index (χ4n) is 5.89. The summed E-state index contributed by atoms with van der Waals surface area (Å²) in [4.78, 5) is 26.5. The van der Waals surface area contributed by atoms with E-state index in [0.29, 0.717) is 23.5 Å². The Hall–Kier alpha value is -3.46. The van der Waals surface area contributed by atoms with Crippen molar-refractivity contribution in [3.63, 3.8) is 0 Å². The maximum atomic E-state index is 13.3. The lowest BCUT2D eigenvalue weighted by molar-refractivity contribution is 0.0981. The van der Waals surface area contributed by atoms with Gasteiger partial charge < -0.3 is 9.80 Å². The van der Waals surface area contributed by atoms with E-state index in [9.17, 15) is 13.2 Å². The number of amides is 1. The number of hydrogen-bond donors (Lipinski definition) is 1. The molecule has 2 unspecified atom stereocenters. The number of carbonyl (C=O) groups is 1. The summed E-state index contributed by atoms with van der Waals surface area (Å²) in [5.41, 5.74) is 1.32. The number of piperidine rings is 1. The first-order chi connectivity index (χ1) is 18.1. The number of rotatable bonds is 6. The highest BCUT2D eigenvalue weighted by Crippen LogP contribution is 2.37. The third-order valence-electron chi connectivity index (χ3n) is 7.59. The fraction of sp³-hybridized carbons (Fsp3) is 0.414. The summed E-state index contributed by atoms with van der Waals surface area (Å²) in [5, 5.41) is -0.175. The van der Waals surface area contributed by atoms with Crippen LogP contribution in [0, 0.1) is 5.92 Å². The van der Waals surface area contributed by atoms with Crippen LogP contribution >= 0.6 is 0 Å². The number of nitrogens with one attached hydrogen (secondary N) is 1. The van der Waals surface area contributed by atoms with Crippen molar-refractivity contribution in [1.29, 1.82) is 0 Å². The minimum atomic E-state index is -4.20. The van der Waals surface area contributed by atoms with Crippen molar-refractivity contribution in [2.24, 2.45) is 5.92 Å². The van der Waals surface area contributed by atoms with Crippen LogP contribution in [-0.2, 0) is 10.0 Å². The SMILES string of the molecule is CC1CN(c2ncccc2C(=O)NS(=O)(=O)c2cccc(N3CCCC(c4ccccc4)C3)n2)C(C)(C)C1.[HH]. The van der Waals surface area contributed by atoms with Crippen LogP contribution in [0.4, 0.5) is 11.6 Å². The van der Waals surface area contributed by atoms with Gasteiger partial charge in [-0.25, -0.2) is 14.7 Å². The molecule has 8 nitrogen and oxygen atoms in total. The number of hydrogen-bond acceptors (Lipinski definition) is 7. The number of carbonyl (C=O) groups excluding carboxylic acids is 1. The Bertz CT molecular complexity index is 1420. The molecule has 202 valence electrons. The molecule has 1 aromatic carbocycles. The second-order valence-corrected chi connectivity index (χ2v) is 12.7. The molecule has 2 atom stereocenters. The number of nitrogens with zero attached hydrogens (tertiary/aromatic N) is 4. The molecule has 0 spiro atoms. The molecular weight excluding hydrogens is 498 g/mol. The summed E-state index contributed by atoms with van der Waals surface area (Å²) < 4.78 is 28.8. The van der Waals surface area contributed by atoms with Gasteiger partial charge in [-0.1, -0.05) is 43.3 Å². The molecule has 0 saturated carbocycles. The smallest absolute Gasteiger partial charge is 0.281 e. The van der Waals surface area contributed by atoms with Crippen LogP contribution in [-0.4, -0.2) is 49.5 Å². The molecule has 2 fully saturated rings. The van der Waals surface area contributed by atoms with Crippen molar-refractivity contribution in [3.05, 3.63) is 78.0 Å². The summed E-state index contributed by atoms with van der Waals surface area (Å²) in [5.74, 6) is 1.17. The van der Waals surface area contributed by atoms with Crippen LogP contribution in [0.5, 0.6) is 0 Å². The van der Waals surface area contributed by atoms with Gasteiger partial charge in [0.05, 0.1) is 5.56 Å². The fourth-order valence-corrected chi connectivity index (χ4v) is 6.82. The predicted octanol–water partition coefficient (Wildman–Crippen LogP) is 4.85. The number of benzene rings is 1. The van der Waals surface area contributed by atoms with E-state index in [1.54, 1.807) is 24.4 Å². The Kier molecular flexibility index (Phi) is 7.13. The van der Waals surface area contributed by atoms with Gasteiger partial charge in [0.25, 0.3) is 15.9 Å². The lowest BCUT2D eigenvalue weighted by Crippen LogP contribution is -2.41. The molecule has 0 aliphatic carbocycles. The van der Waals surface area contributed by atoms with Crippen molar-refractivity contribution in [1.82, 2.24) is 14.7 Å². The number of pyridine rings is 2. The lowest BCUT2D eigenvalue weighted by Gasteiger charge is -2.34. The first kappa shape index (κ1) is 26.2. The van der Waals surface area contributed by atoms with E-state index >= 15 is 0 Å². The monoisotopic (exact) mass is 535 g/mol. The molecule has 2 aliphatic heterocycles. The molecule has 3 aromatic rings. The Morgan fingerprint density at radius 3 is 2.58 bits per heavy atom. The van der Waals surface area contributed by atoms with E-state index in [4.69, 9.17) is 0 Å². The minimum absolute atomic E-state index is 0. The second-order valence-electron chi connectivity index (χ2n) is 11.1. The maximum absolute atomic E-state index is 13.3. The van der Waals surface area contributed by atoms with Gasteiger partial charge in [-0.05, 0) is 68.9 Å². The van der Waals surface area contributed by atoms with Crippen LogP contribution in [0.2, 0.25) is 0 Å². The van der Waals surface area contributed by atoms with Crippen molar-refractivity contribution in [3.8, 4) is 0 Å². The van der Waals surface area contributed by atoms with Gasteiger partial charge in [-0.2, -0.15) is 8.42 Å². The first-order valence-corrected chi connectivity index (χ1v) is 14.7. The third-order valence-corrected chi connectivity index (χ3v) is 8.82. The number of anilines is 2. The van der Waals surface area contributed by atoms with E-state index in [1.807, 2.05) is 24.3 Å². The van der Waals surface area contributed by atoms with E-state index in [-0.39, 0.29) is 17.6 Å². The van der Waals surface area contributed by atoms with Crippen molar-refractivity contribution in [2.45, 2.75) is 56.5 Å². The zero-order valence-corrected chi connectivity index (χ0v) is 23.0. The number of sulfonamides is 1. The molecular formula is C29H37N5O3S. The molecule has 2 saturated heterocycles. The minimum Gasteiger partial charge on any atom is -0.356 e. The van der Waals surface area contributed by atoms with E-state index in [2.05, 4.69) is 57.4 Å². The van der Waals surface area contributed by atoms with Crippen molar-refractivity contribution >= 4 is 27.6 Å². The second kappa shape index (κ2) is 10.4. The molecule has 2 aromatic heterocycles. The normalized spacial score (nSPS) is 21.3. The van der Waals surface area contributed by atoms with E-state index < -0.39 is 15.9 Å². The van der Waals surface area contributed by atoms with Gasteiger partial charge in [0.15, 0.2) is 5.03 Å². The van der Waals surface area contributed by atoms with Gasteiger partial charge in [0.1, 0.15) is 11.6 Å². The summed E-state index contributed by atoms with van der Waals surface area (Å²) in [6.07, 6.45) is 4.66. The largest absolute Gasteiger partial charge is 0.356 e. The topological polar surface area (TPSA) is 95.5 Å². The zero-order chi connectivity index (χ0) is 26.9. The number of aromatic nitrogens is 2. The van der Waals surface area contributed by atoms with Crippen LogP contribution in [0.15, 0.2) is 71.9 Å². The molecule has 4 heterocycles. The molecule has 1 amide bonds. The lowest BCUT2D eigenvalue weighted by atomic mass is 9.91. The Morgan fingerprint density at radius 2 is 1.84 bits per heavy atom. The Morgan fingerprint density at radius 1 is 1.05 bits per heavy atom. The Balaban J connectivity index is 0.00000353. The molecule has 38 heavy (non-hydrogen) atoms. The molecule has 1 N–H and O–H groups in total. The van der Waals surface area contributed by atoms with E-state index in [1.165, 1.54) is 11.6 Å². The van der Waals surface area contributed by atoms with Gasteiger partial charge in [0, 0.05) is 38.7 Å². The third kappa shape index (κ3) is 5.38. The van der Waals surface area contributed by atoms with Crippen molar-refractivity contribution in [2.75, 3.05) is 29.4 Å². The molecule has 2 aliphatic rings. The highest BCUT2D eigenvalue weighted by Gasteiger charge is 2.39. The Labute approximate surface area is 226 Å². The quantitative estimate of drug-likeness (QED) is 0.482. The van der Waals surface area contributed by atoms with Gasteiger partial charge in [0.2, 0.25) is 0 Å². The van der Waals surface area contributed by atoms with Gasteiger partial charge >= 0.3 is 0 Å². The van der Waals surface area contributed by atoms with Crippen molar-refractivity contribution < 1.29 is 14.6 Å². The summed E-state index contributed by atoms with van der Waals surface area (Å²) in [6, 6.07) is 18.6. The van der Waals surface area contributed by atoms with Crippen LogP contribution in [0.1, 0.15) is 63.3 Å². The first-order valence-electron chi connectivity index (χ1n) is 13.2.